The van der Waals surface area contributed by atoms with Gasteiger partial charge >= 0.3 is 0 Å². The van der Waals surface area contributed by atoms with Gasteiger partial charge in [0.1, 0.15) is 12.1 Å². The van der Waals surface area contributed by atoms with E-state index in [9.17, 15) is 0 Å². The van der Waals surface area contributed by atoms with Crippen LogP contribution in [0.2, 0.25) is 0 Å². The Morgan fingerprint density at radius 3 is 2.42 bits per heavy atom. The average molecular weight is 255 g/mol. The number of aryl methyl sites for hydroxylation is 1. The standard InChI is InChI=1S/C16H21N3/c1-4-10-17-16-14(5-2)15(18-11-19-16)13-8-6-12(3)7-9-13/h6-9,11H,4-5,10H2,1-3H3,(H,17,18,19). The number of nitrogens with zero attached hydrogens (tertiary/aromatic N) is 2. The molecule has 0 aliphatic carbocycles. The zero-order valence-electron chi connectivity index (χ0n) is 11.9. The molecule has 1 heterocycles. The first-order valence-electron chi connectivity index (χ1n) is 6.91. The fourth-order valence-corrected chi connectivity index (χ4v) is 2.10. The van der Waals surface area contributed by atoms with Crippen LogP contribution in [-0.4, -0.2) is 16.5 Å². The molecule has 1 aromatic carbocycles. The molecule has 0 unspecified atom stereocenters. The van der Waals surface area contributed by atoms with Gasteiger partial charge in [0, 0.05) is 17.7 Å². The van der Waals surface area contributed by atoms with Crippen LogP contribution in [0.4, 0.5) is 5.82 Å². The van der Waals surface area contributed by atoms with Crippen molar-refractivity contribution in [2.75, 3.05) is 11.9 Å². The van der Waals surface area contributed by atoms with Gasteiger partial charge in [-0.3, -0.25) is 0 Å². The lowest BCUT2D eigenvalue weighted by atomic mass is 10.0. The summed E-state index contributed by atoms with van der Waals surface area (Å²) in [7, 11) is 0. The Balaban J connectivity index is 2.42. The minimum Gasteiger partial charge on any atom is -0.370 e. The molecule has 1 N–H and O–H groups in total. The molecule has 1 aromatic heterocycles. The molecule has 2 aromatic rings. The van der Waals surface area contributed by atoms with Gasteiger partial charge < -0.3 is 5.32 Å². The summed E-state index contributed by atoms with van der Waals surface area (Å²) in [6.45, 7) is 7.34. The Morgan fingerprint density at radius 1 is 1.05 bits per heavy atom. The van der Waals surface area contributed by atoms with E-state index in [1.165, 1.54) is 11.1 Å². The third kappa shape index (κ3) is 3.11. The van der Waals surface area contributed by atoms with Crippen LogP contribution in [0.3, 0.4) is 0 Å². The fourth-order valence-electron chi connectivity index (χ4n) is 2.10. The maximum absolute atomic E-state index is 4.47. The molecule has 19 heavy (non-hydrogen) atoms. The van der Waals surface area contributed by atoms with Gasteiger partial charge in [0.2, 0.25) is 0 Å². The highest BCUT2D eigenvalue weighted by Crippen LogP contribution is 2.26. The summed E-state index contributed by atoms with van der Waals surface area (Å²) < 4.78 is 0. The molecule has 0 bridgehead atoms. The maximum Gasteiger partial charge on any atom is 0.133 e. The van der Waals surface area contributed by atoms with Gasteiger partial charge in [-0.05, 0) is 19.8 Å². The van der Waals surface area contributed by atoms with Crippen molar-refractivity contribution < 1.29 is 0 Å². The van der Waals surface area contributed by atoms with E-state index in [1.54, 1.807) is 6.33 Å². The zero-order valence-corrected chi connectivity index (χ0v) is 11.9. The number of aromatic nitrogens is 2. The Bertz CT molecular complexity index is 532. The normalized spacial score (nSPS) is 10.5. The van der Waals surface area contributed by atoms with Gasteiger partial charge in [-0.15, -0.1) is 0 Å². The van der Waals surface area contributed by atoms with Crippen LogP contribution in [0, 0.1) is 6.92 Å². The van der Waals surface area contributed by atoms with Crippen molar-refractivity contribution in [1.82, 2.24) is 9.97 Å². The van der Waals surface area contributed by atoms with Crippen molar-refractivity contribution in [2.24, 2.45) is 0 Å². The highest BCUT2D eigenvalue weighted by atomic mass is 15.0. The van der Waals surface area contributed by atoms with Gasteiger partial charge in [0.15, 0.2) is 0 Å². The molecule has 0 spiro atoms. The zero-order chi connectivity index (χ0) is 13.7. The molecule has 0 aliphatic rings. The van der Waals surface area contributed by atoms with Crippen molar-refractivity contribution in [3.8, 4) is 11.3 Å². The smallest absolute Gasteiger partial charge is 0.133 e. The van der Waals surface area contributed by atoms with Crippen LogP contribution in [0.15, 0.2) is 30.6 Å². The lowest BCUT2D eigenvalue weighted by Crippen LogP contribution is -2.07. The number of hydrogen-bond donors (Lipinski definition) is 1. The van der Waals surface area contributed by atoms with E-state index >= 15 is 0 Å². The highest BCUT2D eigenvalue weighted by Gasteiger charge is 2.10. The Labute approximate surface area is 115 Å². The van der Waals surface area contributed by atoms with E-state index in [0.29, 0.717) is 0 Å². The van der Waals surface area contributed by atoms with Gasteiger partial charge in [-0.2, -0.15) is 0 Å². The summed E-state index contributed by atoms with van der Waals surface area (Å²) in [5.41, 5.74) is 4.65. The first-order chi connectivity index (χ1) is 9.26. The molecule has 0 saturated carbocycles. The van der Waals surface area contributed by atoms with Crippen LogP contribution in [0.1, 0.15) is 31.4 Å². The Hall–Kier alpha value is -1.90. The quantitative estimate of drug-likeness (QED) is 0.882. The number of hydrogen-bond acceptors (Lipinski definition) is 3. The molecular weight excluding hydrogens is 234 g/mol. The van der Waals surface area contributed by atoms with Gasteiger partial charge in [-0.1, -0.05) is 43.7 Å². The van der Waals surface area contributed by atoms with Gasteiger partial charge in [0.05, 0.1) is 5.69 Å². The average Bonchev–Trinajstić information content (AvgIpc) is 2.45. The van der Waals surface area contributed by atoms with E-state index in [-0.39, 0.29) is 0 Å². The minimum absolute atomic E-state index is 0.927. The van der Waals surface area contributed by atoms with Crippen molar-refractivity contribution >= 4 is 5.82 Å². The molecular formula is C16H21N3. The second-order valence-electron chi connectivity index (χ2n) is 4.70. The third-order valence-corrected chi connectivity index (χ3v) is 3.17. The molecule has 0 fully saturated rings. The molecule has 0 atom stereocenters. The second-order valence-corrected chi connectivity index (χ2v) is 4.70. The largest absolute Gasteiger partial charge is 0.370 e. The fraction of sp³-hybridized carbons (Fsp3) is 0.375. The summed E-state index contributed by atoms with van der Waals surface area (Å²) in [6.07, 6.45) is 3.66. The predicted octanol–water partition coefficient (Wildman–Crippen LogP) is 3.84. The first-order valence-corrected chi connectivity index (χ1v) is 6.91. The molecule has 0 aliphatic heterocycles. The summed E-state index contributed by atoms with van der Waals surface area (Å²) >= 11 is 0. The van der Waals surface area contributed by atoms with E-state index in [2.05, 4.69) is 60.3 Å². The van der Waals surface area contributed by atoms with Crippen molar-refractivity contribution in [3.63, 3.8) is 0 Å². The number of anilines is 1. The predicted molar refractivity (Wildman–Crippen MR) is 80.4 cm³/mol. The summed E-state index contributed by atoms with van der Waals surface area (Å²) in [5, 5.41) is 3.38. The maximum atomic E-state index is 4.47. The van der Waals surface area contributed by atoms with E-state index in [1.807, 2.05) is 0 Å². The molecule has 100 valence electrons. The van der Waals surface area contributed by atoms with Crippen LogP contribution >= 0.6 is 0 Å². The highest BCUT2D eigenvalue weighted by molar-refractivity contribution is 5.68. The SMILES string of the molecule is CCCNc1ncnc(-c2ccc(C)cc2)c1CC. The summed E-state index contributed by atoms with van der Waals surface area (Å²) in [4.78, 5) is 8.84. The topological polar surface area (TPSA) is 37.8 Å². The molecule has 3 nitrogen and oxygen atoms in total. The van der Waals surface area contributed by atoms with Crippen LogP contribution in [-0.2, 0) is 6.42 Å². The third-order valence-electron chi connectivity index (χ3n) is 3.17. The minimum atomic E-state index is 0.927. The number of benzene rings is 1. The summed E-state index contributed by atoms with van der Waals surface area (Å²) in [6, 6.07) is 8.49. The molecule has 0 saturated heterocycles. The number of rotatable bonds is 5. The van der Waals surface area contributed by atoms with Crippen molar-refractivity contribution in [1.29, 1.82) is 0 Å². The Kier molecular flexibility index (Phi) is 4.50. The first kappa shape index (κ1) is 13.5. The van der Waals surface area contributed by atoms with Crippen LogP contribution < -0.4 is 5.32 Å². The molecule has 0 radical (unpaired) electrons. The van der Waals surface area contributed by atoms with Gasteiger partial charge in [-0.25, -0.2) is 9.97 Å². The lowest BCUT2D eigenvalue weighted by molar-refractivity contribution is 0.949. The molecule has 2 rings (SSSR count). The number of nitrogens with one attached hydrogen (secondary N) is 1. The van der Waals surface area contributed by atoms with Gasteiger partial charge in [0.25, 0.3) is 0 Å². The van der Waals surface area contributed by atoms with Crippen molar-refractivity contribution in [3.05, 3.63) is 41.7 Å². The monoisotopic (exact) mass is 255 g/mol. The Morgan fingerprint density at radius 2 is 1.79 bits per heavy atom. The molecule has 0 amide bonds. The van der Waals surface area contributed by atoms with Crippen molar-refractivity contribution in [2.45, 2.75) is 33.6 Å². The van der Waals surface area contributed by atoms with E-state index in [4.69, 9.17) is 0 Å². The summed E-state index contributed by atoms with van der Waals surface area (Å²) in [5.74, 6) is 0.968. The van der Waals surface area contributed by atoms with E-state index in [0.717, 1.165) is 36.5 Å². The van der Waals surface area contributed by atoms with E-state index < -0.39 is 0 Å². The lowest BCUT2D eigenvalue weighted by Gasteiger charge is -2.13. The second kappa shape index (κ2) is 6.32. The molecule has 3 heteroatoms. The van der Waals surface area contributed by atoms with Crippen LogP contribution in [0.5, 0.6) is 0 Å². The van der Waals surface area contributed by atoms with Crippen LogP contribution in [0.25, 0.3) is 11.3 Å².